The molecule has 3 aromatic rings. The van der Waals surface area contributed by atoms with Gasteiger partial charge >= 0.3 is 0 Å². The van der Waals surface area contributed by atoms with E-state index in [1.807, 2.05) is 18.2 Å². The first-order chi connectivity index (χ1) is 19.7. The van der Waals surface area contributed by atoms with Gasteiger partial charge in [-0.3, -0.25) is 4.90 Å². The van der Waals surface area contributed by atoms with Crippen LogP contribution in [-0.4, -0.2) is 87.5 Å². The molecule has 0 aliphatic carbocycles. The van der Waals surface area contributed by atoms with Gasteiger partial charge in [-0.15, -0.1) is 0 Å². The van der Waals surface area contributed by atoms with Crippen molar-refractivity contribution in [3.63, 3.8) is 0 Å². The van der Waals surface area contributed by atoms with E-state index in [9.17, 15) is 0 Å². The summed E-state index contributed by atoms with van der Waals surface area (Å²) < 4.78 is 40.2. The maximum absolute atomic E-state index is 6.74. The van der Waals surface area contributed by atoms with E-state index >= 15 is 0 Å². The number of hydrogen-bond acceptors (Lipinski definition) is 11. The number of benzene rings is 2. The average Bonchev–Trinajstić information content (AvgIpc) is 3.69. The normalized spacial score (nSPS) is 18.8. The number of nitrogens with zero attached hydrogens (tertiary/aromatic N) is 3. The molecular weight excluding hydrogens is 540 g/mol. The zero-order valence-corrected chi connectivity index (χ0v) is 23.2. The van der Waals surface area contributed by atoms with Crippen molar-refractivity contribution >= 4 is 34.0 Å². The van der Waals surface area contributed by atoms with Gasteiger partial charge in [-0.05, 0) is 25.0 Å². The van der Waals surface area contributed by atoms with E-state index in [2.05, 4.69) is 20.2 Å². The largest absolute Gasteiger partial charge is 0.493 e. The molecule has 1 N–H and O–H groups in total. The molecule has 2 saturated heterocycles. The van der Waals surface area contributed by atoms with E-state index in [0.29, 0.717) is 71.5 Å². The molecule has 0 spiro atoms. The van der Waals surface area contributed by atoms with Crippen molar-refractivity contribution in [2.75, 3.05) is 71.9 Å². The molecular formula is C28H33ClN4O7. The summed E-state index contributed by atoms with van der Waals surface area (Å²) in [4.78, 5) is 11.3. The first-order valence-electron chi connectivity index (χ1n) is 13.5. The monoisotopic (exact) mass is 572 g/mol. The first kappa shape index (κ1) is 27.1. The number of hydrogen-bond donors (Lipinski definition) is 1. The van der Waals surface area contributed by atoms with Gasteiger partial charge in [0.15, 0.2) is 23.0 Å². The van der Waals surface area contributed by atoms with Gasteiger partial charge < -0.3 is 38.5 Å². The van der Waals surface area contributed by atoms with Crippen LogP contribution in [0.1, 0.15) is 18.4 Å². The smallest absolute Gasteiger partial charge is 0.231 e. The molecule has 40 heavy (non-hydrogen) atoms. The summed E-state index contributed by atoms with van der Waals surface area (Å²) in [6.45, 7) is 6.78. The molecule has 4 heterocycles. The average molecular weight is 573 g/mol. The fourth-order valence-corrected chi connectivity index (χ4v) is 5.29. The van der Waals surface area contributed by atoms with Gasteiger partial charge in [0.1, 0.15) is 17.8 Å². The molecule has 2 fully saturated rings. The van der Waals surface area contributed by atoms with E-state index in [1.165, 1.54) is 6.33 Å². The third-order valence-corrected chi connectivity index (χ3v) is 7.48. The Kier molecular flexibility index (Phi) is 8.54. The van der Waals surface area contributed by atoms with Gasteiger partial charge in [0, 0.05) is 43.3 Å². The molecule has 6 rings (SSSR count). The minimum absolute atomic E-state index is 0.0653. The lowest BCUT2D eigenvalue weighted by Crippen LogP contribution is -2.37. The maximum Gasteiger partial charge on any atom is 0.231 e. The molecule has 0 radical (unpaired) electrons. The van der Waals surface area contributed by atoms with Crippen LogP contribution in [0, 0.1) is 0 Å². The van der Waals surface area contributed by atoms with Gasteiger partial charge in [0.25, 0.3) is 0 Å². The second-order valence-corrected chi connectivity index (χ2v) is 10.2. The van der Waals surface area contributed by atoms with Crippen LogP contribution in [0.3, 0.4) is 0 Å². The quantitative estimate of drug-likeness (QED) is 0.335. The molecule has 3 aliphatic heterocycles. The number of fused-ring (bicyclic) bond motifs is 2. The van der Waals surface area contributed by atoms with Crippen molar-refractivity contribution in [3.8, 4) is 23.0 Å². The summed E-state index contributed by atoms with van der Waals surface area (Å²) in [5.74, 6) is 2.90. The zero-order chi connectivity index (χ0) is 27.3. The van der Waals surface area contributed by atoms with Crippen molar-refractivity contribution < 1.29 is 33.2 Å². The van der Waals surface area contributed by atoms with E-state index in [-0.39, 0.29) is 12.9 Å². The molecule has 3 aliphatic rings. The van der Waals surface area contributed by atoms with Crippen LogP contribution in [0.2, 0.25) is 5.02 Å². The highest BCUT2D eigenvalue weighted by atomic mass is 35.5. The standard InChI is InChI=1S/C28H33ClN4O7/c1-34-23-12-20-22(13-24(23)37-7-2-4-33-5-9-35-10-6-33)30-16-31-28(20)32-25-21(29)11-18(26-27(25)40-17-39-26)14-38-19-3-8-36-15-19/h11-13,16,19H,2-10,14-15,17H2,1H3,(H,30,31,32). The summed E-state index contributed by atoms with van der Waals surface area (Å²) in [6, 6.07) is 5.57. The lowest BCUT2D eigenvalue weighted by Gasteiger charge is -2.26. The third-order valence-electron chi connectivity index (χ3n) is 7.18. The second-order valence-electron chi connectivity index (χ2n) is 9.78. The third kappa shape index (κ3) is 5.98. The predicted octanol–water partition coefficient (Wildman–Crippen LogP) is 4.17. The Morgan fingerprint density at radius 3 is 2.75 bits per heavy atom. The van der Waals surface area contributed by atoms with Crippen LogP contribution in [-0.2, 0) is 20.8 Å². The summed E-state index contributed by atoms with van der Waals surface area (Å²) in [5, 5.41) is 4.55. The van der Waals surface area contributed by atoms with Crippen LogP contribution < -0.4 is 24.3 Å². The van der Waals surface area contributed by atoms with E-state index in [0.717, 1.165) is 56.6 Å². The van der Waals surface area contributed by atoms with Crippen molar-refractivity contribution in [3.05, 3.63) is 35.1 Å². The topological polar surface area (TPSA) is 106 Å². The molecule has 0 amide bonds. The van der Waals surface area contributed by atoms with Crippen LogP contribution in [0.4, 0.5) is 11.5 Å². The summed E-state index contributed by atoms with van der Waals surface area (Å²) in [6.07, 6.45) is 3.34. The molecule has 1 unspecified atom stereocenters. The number of nitrogens with one attached hydrogen (secondary N) is 1. The van der Waals surface area contributed by atoms with Gasteiger partial charge in [-0.1, -0.05) is 11.6 Å². The molecule has 0 bridgehead atoms. The van der Waals surface area contributed by atoms with E-state index < -0.39 is 0 Å². The number of anilines is 2. The Labute approximate surface area is 237 Å². The fraction of sp³-hybridized carbons (Fsp3) is 0.500. The summed E-state index contributed by atoms with van der Waals surface area (Å²) in [7, 11) is 1.62. The lowest BCUT2D eigenvalue weighted by atomic mass is 10.1. The Balaban J connectivity index is 1.19. The number of methoxy groups -OCH3 is 1. The van der Waals surface area contributed by atoms with Crippen molar-refractivity contribution in [2.24, 2.45) is 0 Å². The summed E-state index contributed by atoms with van der Waals surface area (Å²) in [5.41, 5.74) is 2.08. The molecule has 11 nitrogen and oxygen atoms in total. The highest BCUT2D eigenvalue weighted by Crippen LogP contribution is 2.48. The van der Waals surface area contributed by atoms with Crippen molar-refractivity contribution in [2.45, 2.75) is 25.6 Å². The Morgan fingerprint density at radius 1 is 1.05 bits per heavy atom. The zero-order valence-electron chi connectivity index (χ0n) is 22.4. The van der Waals surface area contributed by atoms with Crippen LogP contribution >= 0.6 is 11.6 Å². The van der Waals surface area contributed by atoms with Gasteiger partial charge in [-0.25, -0.2) is 9.97 Å². The first-order valence-corrected chi connectivity index (χ1v) is 13.9. The maximum atomic E-state index is 6.74. The number of ether oxygens (including phenoxy) is 7. The molecule has 2 aromatic carbocycles. The molecule has 1 atom stereocenters. The molecule has 12 heteroatoms. The van der Waals surface area contributed by atoms with Crippen molar-refractivity contribution in [1.29, 1.82) is 0 Å². The number of rotatable bonds is 11. The summed E-state index contributed by atoms with van der Waals surface area (Å²) >= 11 is 6.74. The Bertz CT molecular complexity index is 1330. The van der Waals surface area contributed by atoms with Crippen molar-refractivity contribution in [1.82, 2.24) is 14.9 Å². The highest BCUT2D eigenvalue weighted by Gasteiger charge is 2.27. The SMILES string of the molecule is COc1cc2c(Nc3c(Cl)cc(COC4CCOC4)c4c3OCO4)ncnc2cc1OCCCN1CCOCC1. The van der Waals surface area contributed by atoms with Crippen LogP contribution in [0.15, 0.2) is 24.5 Å². The Hall–Kier alpha value is -3.09. The van der Waals surface area contributed by atoms with Crippen LogP contribution in [0.25, 0.3) is 10.9 Å². The van der Waals surface area contributed by atoms with Crippen LogP contribution in [0.5, 0.6) is 23.0 Å². The van der Waals surface area contributed by atoms with E-state index in [4.69, 9.17) is 44.8 Å². The molecule has 1 aromatic heterocycles. The highest BCUT2D eigenvalue weighted by molar-refractivity contribution is 6.34. The van der Waals surface area contributed by atoms with E-state index in [1.54, 1.807) is 7.11 Å². The van der Waals surface area contributed by atoms with Gasteiger partial charge in [0.05, 0.1) is 56.8 Å². The van der Waals surface area contributed by atoms with Gasteiger partial charge in [-0.2, -0.15) is 0 Å². The predicted molar refractivity (Wildman–Crippen MR) is 148 cm³/mol. The fourth-order valence-electron chi connectivity index (χ4n) is 5.03. The lowest BCUT2D eigenvalue weighted by molar-refractivity contribution is 0.0307. The van der Waals surface area contributed by atoms with Gasteiger partial charge in [0.2, 0.25) is 6.79 Å². The minimum Gasteiger partial charge on any atom is -0.493 e. The molecule has 0 saturated carbocycles. The number of morpholine rings is 1. The second kappa shape index (κ2) is 12.6. The number of halogens is 1. The minimum atomic E-state index is 0.0653. The Morgan fingerprint density at radius 2 is 1.93 bits per heavy atom. The molecule has 214 valence electrons. The number of aromatic nitrogens is 2.